The standard InChI is InChI=1S/C21H15FO3/c22-17-6-4-5-16(15-17)9-14-21(23)25-20-12-10-19(11-13-20)24-18-7-2-1-3-8-18/h1-15H/b14-9+. The van der Waals surface area contributed by atoms with Crippen LogP contribution in [0.3, 0.4) is 0 Å². The number of rotatable bonds is 5. The van der Waals surface area contributed by atoms with E-state index in [1.54, 1.807) is 36.4 Å². The number of hydrogen-bond acceptors (Lipinski definition) is 3. The fourth-order valence-corrected chi connectivity index (χ4v) is 2.13. The Labute approximate surface area is 145 Å². The molecule has 3 nitrogen and oxygen atoms in total. The van der Waals surface area contributed by atoms with E-state index in [4.69, 9.17) is 9.47 Å². The summed E-state index contributed by atoms with van der Waals surface area (Å²) in [7, 11) is 0. The summed E-state index contributed by atoms with van der Waals surface area (Å²) in [5, 5.41) is 0. The third-order valence-electron chi connectivity index (χ3n) is 3.28. The van der Waals surface area contributed by atoms with Crippen molar-refractivity contribution in [3.63, 3.8) is 0 Å². The van der Waals surface area contributed by atoms with E-state index >= 15 is 0 Å². The molecule has 0 amide bonds. The van der Waals surface area contributed by atoms with Gasteiger partial charge < -0.3 is 9.47 Å². The van der Waals surface area contributed by atoms with Gasteiger partial charge in [0.2, 0.25) is 0 Å². The fourth-order valence-electron chi connectivity index (χ4n) is 2.13. The highest BCUT2D eigenvalue weighted by molar-refractivity contribution is 5.88. The predicted molar refractivity (Wildman–Crippen MR) is 94.0 cm³/mol. The number of halogens is 1. The first-order chi connectivity index (χ1) is 12.2. The number of carbonyl (C=O) groups is 1. The minimum Gasteiger partial charge on any atom is -0.457 e. The molecule has 25 heavy (non-hydrogen) atoms. The lowest BCUT2D eigenvalue weighted by atomic mass is 10.2. The second-order valence-corrected chi connectivity index (χ2v) is 5.20. The van der Waals surface area contributed by atoms with E-state index in [1.807, 2.05) is 30.3 Å². The van der Waals surface area contributed by atoms with Crippen molar-refractivity contribution in [1.29, 1.82) is 0 Å². The molecule has 0 bridgehead atoms. The molecule has 3 aromatic carbocycles. The summed E-state index contributed by atoms with van der Waals surface area (Å²) < 4.78 is 23.9. The monoisotopic (exact) mass is 334 g/mol. The lowest BCUT2D eigenvalue weighted by Crippen LogP contribution is -2.03. The molecule has 0 spiro atoms. The summed E-state index contributed by atoms with van der Waals surface area (Å²) in [6.07, 6.45) is 2.75. The van der Waals surface area contributed by atoms with E-state index in [1.165, 1.54) is 24.3 Å². The van der Waals surface area contributed by atoms with Crippen molar-refractivity contribution in [1.82, 2.24) is 0 Å². The van der Waals surface area contributed by atoms with Gasteiger partial charge >= 0.3 is 5.97 Å². The highest BCUT2D eigenvalue weighted by atomic mass is 19.1. The van der Waals surface area contributed by atoms with Gasteiger partial charge in [-0.2, -0.15) is 0 Å². The summed E-state index contributed by atoms with van der Waals surface area (Å²) in [5.74, 6) is 0.867. The van der Waals surface area contributed by atoms with Crippen molar-refractivity contribution >= 4 is 12.0 Å². The van der Waals surface area contributed by atoms with Gasteiger partial charge in [0, 0.05) is 6.08 Å². The Kier molecular flexibility index (Phi) is 5.22. The number of esters is 1. The van der Waals surface area contributed by atoms with E-state index in [0.717, 1.165) is 5.75 Å². The lowest BCUT2D eigenvalue weighted by molar-refractivity contribution is -0.128. The van der Waals surface area contributed by atoms with Crippen molar-refractivity contribution in [2.24, 2.45) is 0 Å². The van der Waals surface area contributed by atoms with Crippen LogP contribution in [0.25, 0.3) is 6.08 Å². The molecule has 0 aliphatic carbocycles. The average Bonchev–Trinajstić information content (AvgIpc) is 2.63. The molecule has 0 aromatic heterocycles. The maximum Gasteiger partial charge on any atom is 0.336 e. The maximum atomic E-state index is 13.1. The third-order valence-corrected chi connectivity index (χ3v) is 3.28. The van der Waals surface area contributed by atoms with E-state index in [-0.39, 0.29) is 5.82 Å². The first-order valence-corrected chi connectivity index (χ1v) is 7.67. The van der Waals surface area contributed by atoms with Gasteiger partial charge in [-0.15, -0.1) is 0 Å². The molecular formula is C21H15FO3. The van der Waals surface area contributed by atoms with E-state index in [0.29, 0.717) is 17.1 Å². The van der Waals surface area contributed by atoms with Crippen LogP contribution in [0.15, 0.2) is 84.9 Å². The van der Waals surface area contributed by atoms with Crippen LogP contribution in [0.5, 0.6) is 17.2 Å². The quantitative estimate of drug-likeness (QED) is 0.364. The van der Waals surface area contributed by atoms with Gasteiger partial charge in [-0.1, -0.05) is 30.3 Å². The van der Waals surface area contributed by atoms with Crippen molar-refractivity contribution in [2.45, 2.75) is 0 Å². The molecule has 0 atom stereocenters. The Hall–Kier alpha value is -3.40. The van der Waals surface area contributed by atoms with Crippen LogP contribution in [0.2, 0.25) is 0 Å². The Balaban J connectivity index is 1.58. The Morgan fingerprint density at radius 2 is 1.48 bits per heavy atom. The fraction of sp³-hybridized carbons (Fsp3) is 0. The minimum atomic E-state index is -0.541. The van der Waals surface area contributed by atoms with Gasteiger partial charge in [0.15, 0.2) is 0 Å². The first kappa shape index (κ1) is 16.5. The van der Waals surface area contributed by atoms with Crippen molar-refractivity contribution in [2.75, 3.05) is 0 Å². The number of carbonyl (C=O) groups excluding carboxylic acids is 1. The maximum absolute atomic E-state index is 13.1. The molecule has 0 N–H and O–H groups in total. The summed E-state index contributed by atoms with van der Waals surface area (Å²) in [6.45, 7) is 0. The van der Waals surface area contributed by atoms with Gasteiger partial charge in [-0.3, -0.25) is 0 Å². The van der Waals surface area contributed by atoms with Gasteiger partial charge in [-0.25, -0.2) is 9.18 Å². The van der Waals surface area contributed by atoms with Crippen LogP contribution in [0.4, 0.5) is 4.39 Å². The van der Waals surface area contributed by atoms with Crippen LogP contribution >= 0.6 is 0 Å². The van der Waals surface area contributed by atoms with E-state index < -0.39 is 5.97 Å². The number of hydrogen-bond donors (Lipinski definition) is 0. The predicted octanol–water partition coefficient (Wildman–Crippen LogP) is 5.24. The molecular weight excluding hydrogens is 319 g/mol. The molecule has 0 saturated heterocycles. The van der Waals surface area contributed by atoms with Crippen LogP contribution in [0.1, 0.15) is 5.56 Å². The van der Waals surface area contributed by atoms with Gasteiger partial charge in [-0.05, 0) is 60.2 Å². The zero-order valence-electron chi connectivity index (χ0n) is 13.3. The summed E-state index contributed by atoms with van der Waals surface area (Å²) in [5.41, 5.74) is 0.587. The van der Waals surface area contributed by atoms with Gasteiger partial charge in [0.25, 0.3) is 0 Å². The molecule has 4 heteroatoms. The molecule has 0 saturated carbocycles. The zero-order valence-corrected chi connectivity index (χ0v) is 13.3. The van der Waals surface area contributed by atoms with Crippen molar-refractivity contribution in [3.05, 3.63) is 96.3 Å². The van der Waals surface area contributed by atoms with Crippen LogP contribution in [0, 0.1) is 5.82 Å². The SMILES string of the molecule is O=C(/C=C/c1cccc(F)c1)Oc1ccc(Oc2ccccc2)cc1. The van der Waals surface area contributed by atoms with E-state index in [9.17, 15) is 9.18 Å². The van der Waals surface area contributed by atoms with Gasteiger partial charge in [0.05, 0.1) is 0 Å². The number of ether oxygens (including phenoxy) is 2. The lowest BCUT2D eigenvalue weighted by Gasteiger charge is -2.06. The summed E-state index contributed by atoms with van der Waals surface area (Å²) in [6, 6.07) is 22.1. The molecule has 0 aliphatic heterocycles. The number of para-hydroxylation sites is 1. The van der Waals surface area contributed by atoms with E-state index in [2.05, 4.69) is 0 Å². The third kappa shape index (κ3) is 5.04. The molecule has 0 fully saturated rings. The average molecular weight is 334 g/mol. The molecule has 3 aromatic rings. The molecule has 0 heterocycles. The van der Waals surface area contributed by atoms with Crippen molar-refractivity contribution < 1.29 is 18.7 Å². The van der Waals surface area contributed by atoms with Gasteiger partial charge in [0.1, 0.15) is 23.1 Å². The normalized spacial score (nSPS) is 10.6. The Bertz CT molecular complexity index is 871. The second kappa shape index (κ2) is 7.93. The highest BCUT2D eigenvalue weighted by Gasteiger charge is 2.02. The molecule has 0 unspecified atom stereocenters. The van der Waals surface area contributed by atoms with Crippen LogP contribution in [-0.2, 0) is 4.79 Å². The van der Waals surface area contributed by atoms with Crippen molar-refractivity contribution in [3.8, 4) is 17.2 Å². The minimum absolute atomic E-state index is 0.357. The molecule has 3 rings (SSSR count). The first-order valence-electron chi connectivity index (χ1n) is 7.67. The number of benzene rings is 3. The largest absolute Gasteiger partial charge is 0.457 e. The topological polar surface area (TPSA) is 35.5 Å². The molecule has 0 aliphatic rings. The molecule has 0 radical (unpaired) electrons. The molecule has 124 valence electrons. The highest BCUT2D eigenvalue weighted by Crippen LogP contribution is 2.23. The summed E-state index contributed by atoms with van der Waals surface area (Å²) >= 11 is 0. The van der Waals surface area contributed by atoms with Crippen LogP contribution < -0.4 is 9.47 Å². The zero-order chi connectivity index (χ0) is 17.5. The Morgan fingerprint density at radius 3 is 2.20 bits per heavy atom. The summed E-state index contributed by atoms with van der Waals surface area (Å²) in [4.78, 5) is 11.8. The smallest absolute Gasteiger partial charge is 0.336 e. The second-order valence-electron chi connectivity index (χ2n) is 5.20. The van der Waals surface area contributed by atoms with Crippen LogP contribution in [-0.4, -0.2) is 5.97 Å². The Morgan fingerprint density at radius 1 is 0.800 bits per heavy atom.